The molecule has 0 radical (unpaired) electrons. The Morgan fingerprint density at radius 2 is 1.92 bits per heavy atom. The number of benzene rings is 2. The van der Waals surface area contributed by atoms with Crippen LogP contribution in [0.15, 0.2) is 35.3 Å². The lowest BCUT2D eigenvalue weighted by Crippen LogP contribution is -2.14. The number of halogens is 5. The minimum absolute atomic E-state index is 0.202. The first-order valence-corrected chi connectivity index (χ1v) is 8.39. The summed E-state index contributed by atoms with van der Waals surface area (Å²) in [6, 6.07) is 6.20. The van der Waals surface area contributed by atoms with E-state index >= 15 is 0 Å². The molecule has 0 heterocycles. The number of aryl methyl sites for hydroxylation is 1. The molecule has 2 rings (SSSR count). The summed E-state index contributed by atoms with van der Waals surface area (Å²) in [6.07, 6.45) is -3.20. The van der Waals surface area contributed by atoms with Crippen molar-refractivity contribution < 1.29 is 17.6 Å². The predicted molar refractivity (Wildman–Crippen MR) is 96.9 cm³/mol. The van der Waals surface area contributed by atoms with Gasteiger partial charge in [0, 0.05) is 25.6 Å². The number of hydrogen-bond donors (Lipinski definition) is 0. The van der Waals surface area contributed by atoms with Gasteiger partial charge in [-0.1, -0.05) is 17.7 Å². The highest BCUT2D eigenvalue weighted by Gasteiger charge is 2.34. The van der Waals surface area contributed by atoms with Crippen molar-refractivity contribution in [3.8, 4) is 0 Å². The Balaban J connectivity index is 2.41. The zero-order chi connectivity index (χ0) is 19.5. The van der Waals surface area contributed by atoms with Gasteiger partial charge < -0.3 is 4.90 Å². The van der Waals surface area contributed by atoms with Crippen LogP contribution >= 0.6 is 11.6 Å². The molecule has 0 amide bonds. The van der Waals surface area contributed by atoms with Crippen LogP contribution in [0.1, 0.15) is 29.2 Å². The summed E-state index contributed by atoms with van der Waals surface area (Å²) in [5, 5.41) is 0.302. The summed E-state index contributed by atoms with van der Waals surface area (Å²) >= 11 is 6.22. The van der Waals surface area contributed by atoms with E-state index in [4.69, 9.17) is 11.6 Å². The van der Waals surface area contributed by atoms with E-state index in [9.17, 15) is 17.6 Å². The second-order valence-electron chi connectivity index (χ2n) is 5.99. The molecule has 0 N–H and O–H groups in total. The van der Waals surface area contributed by atoms with Crippen LogP contribution in [-0.2, 0) is 12.6 Å². The lowest BCUT2D eigenvalue weighted by molar-refractivity contribution is -0.138. The first kappa shape index (κ1) is 20.2. The van der Waals surface area contributed by atoms with Crippen molar-refractivity contribution >= 4 is 23.6 Å². The molecular weight excluding hydrogens is 368 g/mol. The quantitative estimate of drug-likeness (QED) is 0.349. The van der Waals surface area contributed by atoms with Crippen molar-refractivity contribution in [2.75, 3.05) is 13.6 Å². The van der Waals surface area contributed by atoms with E-state index < -0.39 is 17.6 Å². The van der Waals surface area contributed by atoms with Gasteiger partial charge in [-0.3, -0.25) is 0 Å². The Hall–Kier alpha value is -2.08. The second-order valence-corrected chi connectivity index (χ2v) is 6.40. The fraction of sp³-hybridized carbons (Fsp3) is 0.316. The van der Waals surface area contributed by atoms with Crippen molar-refractivity contribution in [1.82, 2.24) is 4.90 Å². The molecule has 0 fully saturated rings. The average Bonchev–Trinajstić information content (AvgIpc) is 2.56. The van der Waals surface area contributed by atoms with Crippen LogP contribution in [0.2, 0.25) is 5.02 Å². The Labute approximate surface area is 155 Å². The first-order valence-electron chi connectivity index (χ1n) is 8.01. The van der Waals surface area contributed by atoms with Crippen LogP contribution in [0.4, 0.5) is 23.2 Å². The fourth-order valence-electron chi connectivity index (χ4n) is 2.43. The number of rotatable bonds is 5. The molecule has 2 aromatic rings. The van der Waals surface area contributed by atoms with E-state index in [1.165, 1.54) is 0 Å². The van der Waals surface area contributed by atoms with Gasteiger partial charge in [-0.25, -0.2) is 9.38 Å². The van der Waals surface area contributed by atoms with Gasteiger partial charge in [0.2, 0.25) is 0 Å². The van der Waals surface area contributed by atoms with Crippen LogP contribution < -0.4 is 0 Å². The van der Waals surface area contributed by atoms with Crippen molar-refractivity contribution in [2.45, 2.75) is 26.4 Å². The third-order valence-corrected chi connectivity index (χ3v) is 4.39. The molecule has 0 bridgehead atoms. The topological polar surface area (TPSA) is 15.6 Å². The first-order chi connectivity index (χ1) is 12.1. The highest BCUT2D eigenvalue weighted by atomic mass is 35.5. The van der Waals surface area contributed by atoms with Crippen molar-refractivity contribution in [2.24, 2.45) is 4.99 Å². The van der Waals surface area contributed by atoms with Crippen LogP contribution in [0, 0.1) is 12.7 Å². The summed E-state index contributed by atoms with van der Waals surface area (Å²) in [4.78, 5) is 6.13. The molecule has 0 aromatic heterocycles. The van der Waals surface area contributed by atoms with Crippen molar-refractivity contribution in [3.05, 3.63) is 63.4 Å². The summed E-state index contributed by atoms with van der Waals surface area (Å²) in [6.45, 7) is 4.47. The average molecular weight is 387 g/mol. The summed E-state index contributed by atoms with van der Waals surface area (Å²) in [7, 11) is 1.86. The van der Waals surface area contributed by atoms with E-state index in [2.05, 4.69) is 4.99 Å². The Morgan fingerprint density at radius 3 is 2.54 bits per heavy atom. The molecule has 0 spiro atoms. The van der Waals surface area contributed by atoms with Gasteiger partial charge >= 0.3 is 6.18 Å². The Bertz CT molecular complexity index is 816. The Morgan fingerprint density at radius 1 is 1.23 bits per heavy atom. The molecule has 0 atom stereocenters. The van der Waals surface area contributed by atoms with Gasteiger partial charge in [0.25, 0.3) is 0 Å². The normalized spacial score (nSPS) is 12.0. The van der Waals surface area contributed by atoms with Gasteiger partial charge in [0.05, 0.1) is 22.6 Å². The molecular formula is C19H19ClF4N2. The standard InChI is InChI=1S/C19H19ClF4N2/c1-4-26(3)11-25-18-8-12(2)13(10-16(18)20)9-14-15(19(22,23)24)6-5-7-17(14)21/h5-8,10-11H,4,9H2,1-3H3. The van der Waals surface area contributed by atoms with Crippen LogP contribution in [0.3, 0.4) is 0 Å². The maximum absolute atomic E-state index is 14.1. The van der Waals surface area contributed by atoms with Gasteiger partial charge in [0.15, 0.2) is 0 Å². The molecule has 0 aliphatic carbocycles. The van der Waals surface area contributed by atoms with E-state index in [0.717, 1.165) is 24.7 Å². The largest absolute Gasteiger partial charge is 0.416 e. The highest BCUT2D eigenvalue weighted by Crippen LogP contribution is 2.36. The third kappa shape index (κ3) is 4.75. The van der Waals surface area contributed by atoms with E-state index in [0.29, 0.717) is 21.8 Å². The monoisotopic (exact) mass is 386 g/mol. The lowest BCUT2D eigenvalue weighted by Gasteiger charge is -2.15. The maximum atomic E-state index is 14.1. The minimum Gasteiger partial charge on any atom is -0.366 e. The van der Waals surface area contributed by atoms with Gasteiger partial charge in [0.1, 0.15) is 5.82 Å². The molecule has 0 aliphatic rings. The van der Waals surface area contributed by atoms with Gasteiger partial charge in [-0.05, 0) is 49.2 Å². The van der Waals surface area contributed by atoms with Gasteiger partial charge in [-0.15, -0.1) is 0 Å². The van der Waals surface area contributed by atoms with E-state index in [1.807, 2.05) is 18.9 Å². The van der Waals surface area contributed by atoms with Crippen LogP contribution in [0.25, 0.3) is 0 Å². The second kappa shape index (κ2) is 8.08. The maximum Gasteiger partial charge on any atom is 0.416 e. The molecule has 7 heteroatoms. The molecule has 0 unspecified atom stereocenters. The number of aliphatic imine (C=N–C) groups is 1. The SMILES string of the molecule is CCN(C)C=Nc1cc(C)c(Cc2c(F)cccc2C(F)(F)F)cc1Cl. The molecule has 0 saturated heterocycles. The Kier molecular flexibility index (Phi) is 6.29. The fourth-order valence-corrected chi connectivity index (χ4v) is 2.67. The van der Waals surface area contributed by atoms with Crippen molar-refractivity contribution in [1.29, 1.82) is 0 Å². The van der Waals surface area contributed by atoms with Crippen molar-refractivity contribution in [3.63, 3.8) is 0 Å². The molecule has 2 aromatic carbocycles. The molecule has 0 aliphatic heterocycles. The molecule has 140 valence electrons. The minimum atomic E-state index is -4.62. The molecule has 2 nitrogen and oxygen atoms in total. The van der Waals surface area contributed by atoms with E-state index in [-0.39, 0.29) is 12.0 Å². The number of nitrogens with zero attached hydrogens (tertiary/aromatic N) is 2. The number of alkyl halides is 3. The lowest BCUT2D eigenvalue weighted by atomic mass is 9.95. The predicted octanol–water partition coefficient (Wildman–Crippen LogP) is 6.01. The third-order valence-electron chi connectivity index (χ3n) is 4.09. The van der Waals surface area contributed by atoms with Crippen LogP contribution in [-0.4, -0.2) is 24.8 Å². The molecule has 26 heavy (non-hydrogen) atoms. The zero-order valence-electron chi connectivity index (χ0n) is 14.7. The zero-order valence-corrected chi connectivity index (χ0v) is 15.4. The summed E-state index contributed by atoms with van der Waals surface area (Å²) in [5.74, 6) is -0.887. The summed E-state index contributed by atoms with van der Waals surface area (Å²) in [5.41, 5.74) is 0.365. The smallest absolute Gasteiger partial charge is 0.366 e. The van der Waals surface area contributed by atoms with E-state index in [1.54, 1.807) is 25.4 Å². The van der Waals surface area contributed by atoms with Crippen LogP contribution in [0.5, 0.6) is 0 Å². The molecule has 0 saturated carbocycles. The van der Waals surface area contributed by atoms with Gasteiger partial charge in [-0.2, -0.15) is 13.2 Å². The number of hydrogen-bond acceptors (Lipinski definition) is 1. The highest BCUT2D eigenvalue weighted by molar-refractivity contribution is 6.33. The summed E-state index contributed by atoms with van der Waals surface area (Å²) < 4.78 is 53.6.